The lowest BCUT2D eigenvalue weighted by molar-refractivity contribution is 1.31. The fraction of sp³-hybridized carbons (Fsp3) is 0. The summed E-state index contributed by atoms with van der Waals surface area (Å²) < 4.78 is 0. The quantitative estimate of drug-likeness (QED) is 0.249. The molecule has 0 aliphatic carbocycles. The minimum absolute atomic E-state index is 0.911. The highest BCUT2D eigenvalue weighted by Crippen LogP contribution is 2.31. The number of fused-ring (bicyclic) bond motifs is 4. The first kappa shape index (κ1) is 20.5. The summed E-state index contributed by atoms with van der Waals surface area (Å²) in [5, 5.41) is 4.65. The Bertz CT molecular complexity index is 1890. The van der Waals surface area contributed by atoms with Gasteiger partial charge in [-0.3, -0.25) is 4.98 Å². The lowest BCUT2D eigenvalue weighted by atomic mass is 9.98. The lowest BCUT2D eigenvalue weighted by Crippen LogP contribution is -1.91. The van der Waals surface area contributed by atoms with Gasteiger partial charge < -0.3 is 0 Å². The normalized spacial score (nSPS) is 11.3. The summed E-state index contributed by atoms with van der Waals surface area (Å²) in [5.74, 6) is 0. The zero-order chi connectivity index (χ0) is 23.9. The summed E-state index contributed by atoms with van der Waals surface area (Å²) in [4.78, 5) is 14.3. The third-order valence-electron chi connectivity index (χ3n) is 6.74. The van der Waals surface area contributed by atoms with E-state index in [4.69, 9.17) is 9.97 Å². The van der Waals surface area contributed by atoms with E-state index in [1.807, 2.05) is 12.1 Å². The van der Waals surface area contributed by atoms with E-state index in [1.165, 1.54) is 21.9 Å². The smallest absolute Gasteiger partial charge is 0.0972 e. The molecule has 0 atom stereocenters. The Balaban J connectivity index is 1.35. The monoisotopic (exact) mass is 459 g/mol. The molecule has 3 heterocycles. The molecule has 3 heteroatoms. The SMILES string of the molecule is c1cc(-c2ccc3ccccc3c2)cc(-c2ccc3ccc4ccc(-c5ccncc5)nc4c3n2)c1. The third-order valence-corrected chi connectivity index (χ3v) is 6.74. The van der Waals surface area contributed by atoms with Gasteiger partial charge in [0.1, 0.15) is 0 Å². The second-order valence-electron chi connectivity index (χ2n) is 8.98. The van der Waals surface area contributed by atoms with Gasteiger partial charge in [-0.2, -0.15) is 0 Å². The van der Waals surface area contributed by atoms with Crippen LogP contribution in [0.1, 0.15) is 0 Å². The molecule has 0 radical (unpaired) electrons. The van der Waals surface area contributed by atoms with E-state index in [9.17, 15) is 0 Å². The van der Waals surface area contributed by atoms with Crippen LogP contribution < -0.4 is 0 Å². The molecule has 0 saturated heterocycles. The summed E-state index contributed by atoms with van der Waals surface area (Å²) in [6.45, 7) is 0. The van der Waals surface area contributed by atoms with Crippen molar-refractivity contribution < 1.29 is 0 Å². The molecule has 0 spiro atoms. The molecular formula is C33H21N3. The van der Waals surface area contributed by atoms with Gasteiger partial charge in [-0.25, -0.2) is 9.97 Å². The zero-order valence-electron chi connectivity index (χ0n) is 19.5. The molecule has 168 valence electrons. The van der Waals surface area contributed by atoms with Crippen LogP contribution in [0.2, 0.25) is 0 Å². The molecule has 7 rings (SSSR count). The van der Waals surface area contributed by atoms with E-state index < -0.39 is 0 Å². The molecular weight excluding hydrogens is 438 g/mol. The second-order valence-corrected chi connectivity index (χ2v) is 8.98. The van der Waals surface area contributed by atoms with Crippen molar-refractivity contribution >= 4 is 32.6 Å². The van der Waals surface area contributed by atoms with Gasteiger partial charge in [-0.15, -0.1) is 0 Å². The van der Waals surface area contributed by atoms with Crippen molar-refractivity contribution in [2.24, 2.45) is 0 Å². The maximum Gasteiger partial charge on any atom is 0.0972 e. The third kappa shape index (κ3) is 3.58. The molecule has 36 heavy (non-hydrogen) atoms. The van der Waals surface area contributed by atoms with Gasteiger partial charge in [-0.05, 0) is 58.3 Å². The van der Waals surface area contributed by atoms with Crippen molar-refractivity contribution in [2.75, 3.05) is 0 Å². The van der Waals surface area contributed by atoms with E-state index >= 15 is 0 Å². The molecule has 3 aromatic heterocycles. The van der Waals surface area contributed by atoms with Gasteiger partial charge in [0.2, 0.25) is 0 Å². The summed E-state index contributed by atoms with van der Waals surface area (Å²) in [6, 6.07) is 40.3. The van der Waals surface area contributed by atoms with Gasteiger partial charge in [0.25, 0.3) is 0 Å². The van der Waals surface area contributed by atoms with Crippen molar-refractivity contribution in [1.29, 1.82) is 0 Å². The summed E-state index contributed by atoms with van der Waals surface area (Å²) >= 11 is 0. The van der Waals surface area contributed by atoms with Gasteiger partial charge in [-0.1, -0.05) is 78.9 Å². The largest absolute Gasteiger partial charge is 0.265 e. The summed E-state index contributed by atoms with van der Waals surface area (Å²) in [6.07, 6.45) is 3.59. The maximum atomic E-state index is 5.12. The molecule has 0 aliphatic rings. The van der Waals surface area contributed by atoms with Gasteiger partial charge in [0.15, 0.2) is 0 Å². The fourth-order valence-electron chi connectivity index (χ4n) is 4.84. The molecule has 7 aromatic rings. The Morgan fingerprint density at radius 1 is 0.361 bits per heavy atom. The topological polar surface area (TPSA) is 38.7 Å². The number of nitrogens with zero attached hydrogens (tertiary/aromatic N) is 3. The number of pyridine rings is 3. The van der Waals surface area contributed by atoms with Crippen LogP contribution >= 0.6 is 0 Å². The number of hydrogen-bond acceptors (Lipinski definition) is 3. The van der Waals surface area contributed by atoms with Crippen LogP contribution in [0.3, 0.4) is 0 Å². The summed E-state index contributed by atoms with van der Waals surface area (Å²) in [7, 11) is 0. The fourth-order valence-corrected chi connectivity index (χ4v) is 4.84. The molecule has 0 amide bonds. The first-order valence-electron chi connectivity index (χ1n) is 12.0. The van der Waals surface area contributed by atoms with E-state index in [-0.39, 0.29) is 0 Å². The van der Waals surface area contributed by atoms with Gasteiger partial charge in [0.05, 0.1) is 22.4 Å². The molecule has 0 fully saturated rings. The Morgan fingerprint density at radius 3 is 1.69 bits per heavy atom. The van der Waals surface area contributed by atoms with E-state index in [2.05, 4.69) is 108 Å². The van der Waals surface area contributed by atoms with Gasteiger partial charge in [0, 0.05) is 34.3 Å². The van der Waals surface area contributed by atoms with Crippen LogP contribution in [0.25, 0.3) is 66.2 Å². The van der Waals surface area contributed by atoms with E-state index in [0.29, 0.717) is 0 Å². The Kier molecular flexibility index (Phi) is 4.78. The highest BCUT2D eigenvalue weighted by atomic mass is 14.8. The molecule has 3 nitrogen and oxygen atoms in total. The molecule has 4 aromatic carbocycles. The van der Waals surface area contributed by atoms with Crippen molar-refractivity contribution in [1.82, 2.24) is 15.0 Å². The van der Waals surface area contributed by atoms with Crippen LogP contribution in [0.5, 0.6) is 0 Å². The molecule has 0 saturated carbocycles. The van der Waals surface area contributed by atoms with E-state index in [1.54, 1.807) is 12.4 Å². The van der Waals surface area contributed by atoms with E-state index in [0.717, 1.165) is 44.3 Å². The number of benzene rings is 4. The Hall–Kier alpha value is -4.89. The second kappa shape index (κ2) is 8.40. The first-order valence-corrected chi connectivity index (χ1v) is 12.0. The van der Waals surface area contributed by atoms with Crippen LogP contribution in [0.4, 0.5) is 0 Å². The van der Waals surface area contributed by atoms with Crippen LogP contribution in [-0.4, -0.2) is 15.0 Å². The molecule has 0 aliphatic heterocycles. The average molecular weight is 460 g/mol. The van der Waals surface area contributed by atoms with Gasteiger partial charge >= 0.3 is 0 Å². The van der Waals surface area contributed by atoms with Crippen LogP contribution in [0, 0.1) is 0 Å². The van der Waals surface area contributed by atoms with Crippen molar-refractivity contribution in [3.63, 3.8) is 0 Å². The molecule has 0 bridgehead atoms. The molecule has 0 N–H and O–H groups in total. The summed E-state index contributed by atoms with van der Waals surface area (Å²) in [5.41, 5.74) is 8.19. The van der Waals surface area contributed by atoms with Crippen molar-refractivity contribution in [2.45, 2.75) is 0 Å². The standard InChI is InChI=1S/C33H21N3/c1-2-5-26-20-28(11-8-22(26)4-1)27-6-3-7-29(21-27)31-15-13-25-10-9-24-12-14-30(23-16-18-34-19-17-23)35-32(24)33(25)36-31/h1-21H. The van der Waals surface area contributed by atoms with Crippen LogP contribution in [-0.2, 0) is 0 Å². The minimum atomic E-state index is 0.911. The number of hydrogen-bond donors (Lipinski definition) is 0. The lowest BCUT2D eigenvalue weighted by Gasteiger charge is -2.10. The number of aromatic nitrogens is 3. The highest BCUT2D eigenvalue weighted by molar-refractivity contribution is 6.04. The predicted octanol–water partition coefficient (Wildman–Crippen LogP) is 8.33. The average Bonchev–Trinajstić information content (AvgIpc) is 2.97. The number of rotatable bonds is 3. The zero-order valence-corrected chi connectivity index (χ0v) is 19.5. The maximum absolute atomic E-state index is 5.12. The van der Waals surface area contributed by atoms with Crippen molar-refractivity contribution in [3.8, 4) is 33.6 Å². The highest BCUT2D eigenvalue weighted by Gasteiger charge is 2.10. The predicted molar refractivity (Wildman–Crippen MR) is 149 cm³/mol. The minimum Gasteiger partial charge on any atom is -0.265 e. The van der Waals surface area contributed by atoms with Crippen molar-refractivity contribution in [3.05, 3.63) is 128 Å². The first-order chi connectivity index (χ1) is 17.8. The molecule has 0 unspecified atom stereocenters. The van der Waals surface area contributed by atoms with Crippen LogP contribution in [0.15, 0.2) is 128 Å². The Morgan fingerprint density at radius 2 is 0.944 bits per heavy atom. The Labute approximate surface area is 208 Å².